The highest BCUT2D eigenvalue weighted by atomic mass is 16.5. The van der Waals surface area contributed by atoms with Crippen molar-refractivity contribution < 1.29 is 24.4 Å². The van der Waals surface area contributed by atoms with Gasteiger partial charge >= 0.3 is 0 Å². The van der Waals surface area contributed by atoms with Crippen molar-refractivity contribution in [3.8, 4) is 23.3 Å². The zero-order valence-corrected chi connectivity index (χ0v) is 11.1. The minimum atomic E-state index is -1.20. The molecule has 0 bridgehead atoms. The van der Waals surface area contributed by atoms with Crippen molar-refractivity contribution in [3.05, 3.63) is 17.7 Å². The van der Waals surface area contributed by atoms with Gasteiger partial charge < -0.3 is 24.4 Å². The van der Waals surface area contributed by atoms with E-state index >= 15 is 0 Å². The zero-order valence-electron chi connectivity index (χ0n) is 11.1. The lowest BCUT2D eigenvalue weighted by atomic mass is 10.0. The lowest BCUT2D eigenvalue weighted by Crippen LogP contribution is -2.17. The van der Waals surface area contributed by atoms with E-state index in [4.69, 9.17) is 19.5 Å². The van der Waals surface area contributed by atoms with Gasteiger partial charge in [0.2, 0.25) is 5.75 Å². The summed E-state index contributed by atoms with van der Waals surface area (Å²) in [6.07, 6.45) is -2.54. The molecule has 0 aromatic heterocycles. The third-order valence-corrected chi connectivity index (χ3v) is 2.69. The molecule has 0 radical (unpaired) electrons. The molecule has 0 saturated heterocycles. The second-order valence-corrected chi connectivity index (χ2v) is 3.83. The van der Waals surface area contributed by atoms with Crippen molar-refractivity contribution in [2.45, 2.75) is 18.6 Å². The Labute approximate surface area is 111 Å². The fraction of sp³-hybridized carbons (Fsp3) is 0.462. The van der Waals surface area contributed by atoms with Crippen LogP contribution in [0.25, 0.3) is 0 Å². The average Bonchev–Trinajstić information content (AvgIpc) is 2.44. The van der Waals surface area contributed by atoms with Crippen LogP contribution >= 0.6 is 0 Å². The molecule has 0 heterocycles. The van der Waals surface area contributed by atoms with E-state index < -0.39 is 12.2 Å². The van der Waals surface area contributed by atoms with Crippen LogP contribution < -0.4 is 14.2 Å². The maximum atomic E-state index is 9.97. The Morgan fingerprint density at radius 2 is 1.63 bits per heavy atom. The lowest BCUT2D eigenvalue weighted by molar-refractivity contribution is 0.0213. The molecule has 6 nitrogen and oxygen atoms in total. The molecule has 0 aliphatic heterocycles. The third-order valence-electron chi connectivity index (χ3n) is 2.69. The normalized spacial score (nSPS) is 13.3. The van der Waals surface area contributed by atoms with E-state index in [-0.39, 0.29) is 6.42 Å². The number of nitrogens with zero attached hydrogens (tertiary/aromatic N) is 1. The summed E-state index contributed by atoms with van der Waals surface area (Å²) in [6.45, 7) is 0. The summed E-state index contributed by atoms with van der Waals surface area (Å²) in [5, 5.41) is 28.1. The van der Waals surface area contributed by atoms with E-state index in [2.05, 4.69) is 0 Å². The molecule has 0 saturated carbocycles. The van der Waals surface area contributed by atoms with Gasteiger partial charge in [0.1, 0.15) is 6.10 Å². The lowest BCUT2D eigenvalue weighted by Gasteiger charge is -2.19. The molecule has 1 aromatic carbocycles. The highest BCUT2D eigenvalue weighted by molar-refractivity contribution is 5.54. The molecule has 2 unspecified atom stereocenters. The highest BCUT2D eigenvalue weighted by Crippen LogP contribution is 2.40. The van der Waals surface area contributed by atoms with Gasteiger partial charge in [0.25, 0.3) is 0 Å². The van der Waals surface area contributed by atoms with Gasteiger partial charge in [-0.1, -0.05) is 0 Å². The Morgan fingerprint density at radius 1 is 1.11 bits per heavy atom. The first-order chi connectivity index (χ1) is 9.08. The quantitative estimate of drug-likeness (QED) is 0.799. The van der Waals surface area contributed by atoms with Crippen LogP contribution in [0.3, 0.4) is 0 Å². The minimum Gasteiger partial charge on any atom is -0.493 e. The van der Waals surface area contributed by atoms with E-state index in [9.17, 15) is 10.2 Å². The van der Waals surface area contributed by atoms with Crippen molar-refractivity contribution >= 4 is 0 Å². The summed E-state index contributed by atoms with van der Waals surface area (Å²) in [5.74, 6) is 1.15. The summed E-state index contributed by atoms with van der Waals surface area (Å²) in [6, 6.07) is 4.87. The molecule has 0 aliphatic rings. The van der Waals surface area contributed by atoms with Crippen LogP contribution in [0.1, 0.15) is 18.1 Å². The predicted molar refractivity (Wildman–Crippen MR) is 67.3 cm³/mol. The summed E-state index contributed by atoms with van der Waals surface area (Å²) in [5.41, 5.74) is 0.386. The maximum Gasteiger partial charge on any atom is 0.203 e. The Kier molecular flexibility index (Phi) is 5.42. The van der Waals surface area contributed by atoms with Crippen LogP contribution in [0, 0.1) is 11.3 Å². The first-order valence-corrected chi connectivity index (χ1v) is 5.62. The number of hydrogen-bond donors (Lipinski definition) is 2. The number of aliphatic hydroxyl groups is 2. The number of aliphatic hydroxyl groups excluding tert-OH is 2. The van der Waals surface area contributed by atoms with E-state index in [1.54, 1.807) is 6.07 Å². The summed E-state index contributed by atoms with van der Waals surface area (Å²) in [4.78, 5) is 0. The molecule has 1 aromatic rings. The molecular formula is C13H17NO5. The number of ether oxygens (including phenoxy) is 3. The molecule has 19 heavy (non-hydrogen) atoms. The summed E-state index contributed by atoms with van der Waals surface area (Å²) < 4.78 is 15.4. The second kappa shape index (κ2) is 6.83. The Hall–Kier alpha value is -1.97. The zero-order chi connectivity index (χ0) is 14.4. The molecule has 6 heteroatoms. The molecule has 0 fully saturated rings. The Morgan fingerprint density at radius 3 is 2.00 bits per heavy atom. The predicted octanol–water partition coefficient (Wildman–Crippen LogP) is 1.02. The Bertz CT molecular complexity index is 444. The number of nitriles is 1. The van der Waals surface area contributed by atoms with E-state index in [0.717, 1.165) is 0 Å². The molecule has 2 N–H and O–H groups in total. The summed E-state index contributed by atoms with van der Waals surface area (Å²) in [7, 11) is 4.39. The van der Waals surface area contributed by atoms with Crippen LogP contribution in [0.5, 0.6) is 17.2 Å². The van der Waals surface area contributed by atoms with Gasteiger partial charge in [-0.15, -0.1) is 0 Å². The number of hydrogen-bond acceptors (Lipinski definition) is 6. The van der Waals surface area contributed by atoms with Crippen LogP contribution in [0.2, 0.25) is 0 Å². The molecular weight excluding hydrogens is 250 g/mol. The standard InChI is InChI=1S/C13H17NO5/c1-17-10-6-8(12(16)9(15)4-5-14)7-11(18-2)13(10)19-3/h6-7,9,12,15-16H,4H2,1-3H3. The first kappa shape index (κ1) is 15.1. The monoisotopic (exact) mass is 267 g/mol. The highest BCUT2D eigenvalue weighted by Gasteiger charge is 2.22. The topological polar surface area (TPSA) is 91.9 Å². The number of methoxy groups -OCH3 is 3. The van der Waals surface area contributed by atoms with Gasteiger partial charge in [0.15, 0.2) is 11.5 Å². The van der Waals surface area contributed by atoms with Gasteiger partial charge in [-0.25, -0.2) is 0 Å². The van der Waals surface area contributed by atoms with Gasteiger partial charge in [0.05, 0.1) is 39.9 Å². The first-order valence-electron chi connectivity index (χ1n) is 5.62. The fourth-order valence-electron chi connectivity index (χ4n) is 1.70. The third kappa shape index (κ3) is 3.28. The molecule has 0 spiro atoms. The average molecular weight is 267 g/mol. The Balaban J connectivity index is 3.19. The largest absolute Gasteiger partial charge is 0.493 e. The molecule has 2 atom stereocenters. The van der Waals surface area contributed by atoms with Crippen LogP contribution in [0.4, 0.5) is 0 Å². The van der Waals surface area contributed by atoms with Gasteiger partial charge in [-0.2, -0.15) is 5.26 Å². The molecule has 104 valence electrons. The number of rotatable bonds is 6. The second-order valence-electron chi connectivity index (χ2n) is 3.83. The van der Waals surface area contributed by atoms with Crippen molar-refractivity contribution in [3.63, 3.8) is 0 Å². The van der Waals surface area contributed by atoms with Gasteiger partial charge in [-0.3, -0.25) is 0 Å². The fourth-order valence-corrected chi connectivity index (χ4v) is 1.70. The summed E-state index contributed by atoms with van der Waals surface area (Å²) >= 11 is 0. The van der Waals surface area contributed by atoms with Crippen molar-refractivity contribution in [2.24, 2.45) is 0 Å². The van der Waals surface area contributed by atoms with Gasteiger partial charge in [-0.05, 0) is 17.7 Å². The van der Waals surface area contributed by atoms with Gasteiger partial charge in [0, 0.05) is 0 Å². The van der Waals surface area contributed by atoms with Crippen molar-refractivity contribution in [1.29, 1.82) is 5.26 Å². The molecule has 0 aliphatic carbocycles. The van der Waals surface area contributed by atoms with Crippen LogP contribution in [-0.2, 0) is 0 Å². The van der Waals surface area contributed by atoms with E-state index in [0.29, 0.717) is 22.8 Å². The van der Waals surface area contributed by atoms with Crippen LogP contribution in [0.15, 0.2) is 12.1 Å². The minimum absolute atomic E-state index is 0.169. The SMILES string of the molecule is COc1cc(C(O)C(O)CC#N)cc(OC)c1OC. The van der Waals surface area contributed by atoms with E-state index in [1.807, 2.05) is 0 Å². The molecule has 0 amide bonds. The number of benzene rings is 1. The molecule has 1 rings (SSSR count). The van der Waals surface area contributed by atoms with E-state index in [1.165, 1.54) is 33.5 Å². The van der Waals surface area contributed by atoms with Crippen LogP contribution in [-0.4, -0.2) is 37.6 Å². The van der Waals surface area contributed by atoms with Crippen molar-refractivity contribution in [1.82, 2.24) is 0 Å². The van der Waals surface area contributed by atoms with Crippen molar-refractivity contribution in [2.75, 3.05) is 21.3 Å². The maximum absolute atomic E-state index is 9.97. The smallest absolute Gasteiger partial charge is 0.203 e.